The van der Waals surface area contributed by atoms with Gasteiger partial charge in [-0.2, -0.15) is 0 Å². The molecule has 0 atom stereocenters. The van der Waals surface area contributed by atoms with Gasteiger partial charge in [-0.15, -0.1) is 0 Å². The van der Waals surface area contributed by atoms with Gasteiger partial charge in [0.25, 0.3) is 11.6 Å². The van der Waals surface area contributed by atoms with Crippen LogP contribution < -0.4 is 5.32 Å². The van der Waals surface area contributed by atoms with Crippen molar-refractivity contribution in [1.29, 1.82) is 0 Å². The summed E-state index contributed by atoms with van der Waals surface area (Å²) in [7, 11) is -3.78. The number of amides is 2. The SMILES string of the molecule is CS(=O)(=O)c1ccc(C(=O)NCCCC(=O)N2CCCCC2)cc1[N+](=O)[O-]. The standard InChI is InChI=1S/C17H23N3O6S/c1-27(25,26)15-8-7-13(12-14(15)20(23)24)17(22)18-9-5-6-16(21)19-10-3-2-4-11-19/h7-8,12H,2-6,9-11H2,1H3,(H,18,22). The molecule has 2 amide bonds. The molecule has 0 spiro atoms. The first-order valence-electron chi connectivity index (χ1n) is 8.74. The number of sulfone groups is 1. The minimum Gasteiger partial charge on any atom is -0.352 e. The molecule has 10 heteroatoms. The molecule has 1 heterocycles. The molecule has 148 valence electrons. The topological polar surface area (TPSA) is 127 Å². The van der Waals surface area contributed by atoms with Gasteiger partial charge in [0.05, 0.1) is 4.92 Å². The molecule has 1 aliphatic rings. The van der Waals surface area contributed by atoms with E-state index in [4.69, 9.17) is 0 Å². The smallest absolute Gasteiger partial charge is 0.288 e. The summed E-state index contributed by atoms with van der Waals surface area (Å²) >= 11 is 0. The number of nitro benzene ring substituents is 1. The summed E-state index contributed by atoms with van der Waals surface area (Å²) in [5.41, 5.74) is -0.637. The van der Waals surface area contributed by atoms with Gasteiger partial charge in [-0.25, -0.2) is 8.42 Å². The lowest BCUT2D eigenvalue weighted by Crippen LogP contribution is -2.36. The number of rotatable bonds is 7. The molecule has 1 fully saturated rings. The molecule has 0 saturated carbocycles. The molecule has 1 saturated heterocycles. The van der Waals surface area contributed by atoms with Gasteiger partial charge in [0.15, 0.2) is 9.84 Å². The summed E-state index contributed by atoms with van der Waals surface area (Å²) in [6.07, 6.45) is 4.84. The first-order valence-corrected chi connectivity index (χ1v) is 10.6. The normalized spacial score (nSPS) is 14.6. The summed E-state index contributed by atoms with van der Waals surface area (Å²) in [4.78, 5) is 35.9. The van der Waals surface area contributed by atoms with Gasteiger partial charge in [-0.3, -0.25) is 19.7 Å². The van der Waals surface area contributed by atoms with Crippen molar-refractivity contribution in [3.05, 3.63) is 33.9 Å². The number of nitrogens with one attached hydrogen (secondary N) is 1. The average Bonchev–Trinajstić information content (AvgIpc) is 2.64. The summed E-state index contributed by atoms with van der Waals surface area (Å²) in [5.74, 6) is -0.485. The number of likely N-dealkylation sites (tertiary alicyclic amines) is 1. The second-order valence-corrected chi connectivity index (χ2v) is 8.50. The zero-order valence-corrected chi connectivity index (χ0v) is 16.0. The Morgan fingerprint density at radius 1 is 1.22 bits per heavy atom. The lowest BCUT2D eigenvalue weighted by molar-refractivity contribution is -0.387. The number of carbonyl (C=O) groups is 2. The Labute approximate surface area is 157 Å². The van der Waals surface area contributed by atoms with Gasteiger partial charge in [-0.05, 0) is 37.8 Å². The fourth-order valence-corrected chi connectivity index (χ4v) is 3.79. The lowest BCUT2D eigenvalue weighted by Gasteiger charge is -2.26. The van der Waals surface area contributed by atoms with Crippen molar-refractivity contribution >= 4 is 27.3 Å². The van der Waals surface area contributed by atoms with E-state index >= 15 is 0 Å². The first kappa shape index (κ1) is 20.8. The summed E-state index contributed by atoms with van der Waals surface area (Å²) in [6, 6.07) is 3.24. The van der Waals surface area contributed by atoms with Crippen molar-refractivity contribution in [3.8, 4) is 0 Å². The number of hydrogen-bond donors (Lipinski definition) is 1. The molecule has 1 aromatic rings. The van der Waals surface area contributed by atoms with E-state index in [-0.39, 0.29) is 18.0 Å². The molecule has 1 N–H and O–H groups in total. The zero-order valence-electron chi connectivity index (χ0n) is 15.1. The highest BCUT2D eigenvalue weighted by molar-refractivity contribution is 7.90. The Hall–Kier alpha value is -2.49. The van der Waals surface area contributed by atoms with Crippen LogP contribution in [-0.4, -0.2) is 55.9 Å². The fourth-order valence-electron chi connectivity index (χ4n) is 2.96. The van der Waals surface area contributed by atoms with E-state index in [1.54, 1.807) is 0 Å². The third-order valence-electron chi connectivity index (χ3n) is 4.38. The minimum absolute atomic E-state index is 0.00328. The van der Waals surface area contributed by atoms with Crippen LogP contribution in [0.2, 0.25) is 0 Å². The third-order valence-corrected chi connectivity index (χ3v) is 5.52. The van der Waals surface area contributed by atoms with Crippen molar-refractivity contribution in [3.63, 3.8) is 0 Å². The Kier molecular flexibility index (Phi) is 6.89. The molecule has 0 bridgehead atoms. The quantitative estimate of drug-likeness (QED) is 0.422. The van der Waals surface area contributed by atoms with Crippen molar-refractivity contribution in [1.82, 2.24) is 10.2 Å². The van der Waals surface area contributed by atoms with E-state index < -0.39 is 31.3 Å². The van der Waals surface area contributed by atoms with Gasteiger partial charge < -0.3 is 10.2 Å². The predicted molar refractivity (Wildman–Crippen MR) is 98.2 cm³/mol. The van der Waals surface area contributed by atoms with Crippen LogP contribution in [0, 0.1) is 10.1 Å². The number of benzene rings is 1. The maximum atomic E-state index is 12.1. The molecule has 0 unspecified atom stereocenters. The van der Waals surface area contributed by atoms with Crippen LogP contribution in [0.25, 0.3) is 0 Å². The molecule has 27 heavy (non-hydrogen) atoms. The molecule has 1 aromatic carbocycles. The molecule has 1 aliphatic heterocycles. The van der Waals surface area contributed by atoms with Crippen LogP contribution in [-0.2, 0) is 14.6 Å². The Bertz CT molecular complexity index is 831. The van der Waals surface area contributed by atoms with E-state index in [0.29, 0.717) is 12.8 Å². The number of nitro groups is 1. The number of hydrogen-bond acceptors (Lipinski definition) is 6. The van der Waals surface area contributed by atoms with Gasteiger partial charge >= 0.3 is 0 Å². The maximum absolute atomic E-state index is 12.1. The van der Waals surface area contributed by atoms with E-state index in [1.165, 1.54) is 6.07 Å². The van der Waals surface area contributed by atoms with Crippen LogP contribution in [0.4, 0.5) is 5.69 Å². The second kappa shape index (κ2) is 8.94. The van der Waals surface area contributed by atoms with E-state index in [2.05, 4.69) is 5.32 Å². The average molecular weight is 397 g/mol. The largest absolute Gasteiger partial charge is 0.352 e. The monoisotopic (exact) mass is 397 g/mol. The predicted octanol–water partition coefficient (Wildman–Crippen LogP) is 1.52. The fraction of sp³-hybridized carbons (Fsp3) is 0.529. The van der Waals surface area contributed by atoms with Gasteiger partial charge in [0, 0.05) is 43.9 Å². The molecule has 0 radical (unpaired) electrons. The van der Waals surface area contributed by atoms with Gasteiger partial charge in [0.2, 0.25) is 5.91 Å². The second-order valence-electron chi connectivity index (χ2n) is 6.51. The van der Waals surface area contributed by atoms with Crippen LogP contribution >= 0.6 is 0 Å². The lowest BCUT2D eigenvalue weighted by atomic mass is 10.1. The molecule has 0 aliphatic carbocycles. The summed E-state index contributed by atoms with van der Waals surface area (Å²) in [6.45, 7) is 1.81. The van der Waals surface area contributed by atoms with Crippen molar-refractivity contribution < 1.29 is 22.9 Å². The Balaban J connectivity index is 1.91. The number of nitrogens with zero attached hydrogens (tertiary/aromatic N) is 2. The Morgan fingerprint density at radius 3 is 2.48 bits per heavy atom. The number of carbonyl (C=O) groups excluding carboxylic acids is 2. The third kappa shape index (κ3) is 5.75. The molecule has 0 aromatic heterocycles. The van der Waals surface area contributed by atoms with Crippen LogP contribution in [0.3, 0.4) is 0 Å². The van der Waals surface area contributed by atoms with E-state index in [1.807, 2.05) is 4.90 Å². The van der Waals surface area contributed by atoms with Crippen molar-refractivity contribution in [2.75, 3.05) is 25.9 Å². The summed E-state index contributed by atoms with van der Waals surface area (Å²) in [5, 5.41) is 13.7. The first-order chi connectivity index (χ1) is 12.7. The number of piperidine rings is 1. The van der Waals surface area contributed by atoms with E-state index in [9.17, 15) is 28.1 Å². The highest BCUT2D eigenvalue weighted by Crippen LogP contribution is 2.24. The molecule has 2 rings (SSSR count). The maximum Gasteiger partial charge on any atom is 0.288 e. The minimum atomic E-state index is -3.78. The van der Waals surface area contributed by atoms with Crippen LogP contribution in [0.1, 0.15) is 42.5 Å². The van der Waals surface area contributed by atoms with Crippen molar-refractivity contribution in [2.24, 2.45) is 0 Å². The molecular formula is C17H23N3O6S. The van der Waals surface area contributed by atoms with Crippen molar-refractivity contribution in [2.45, 2.75) is 37.0 Å². The van der Waals surface area contributed by atoms with Gasteiger partial charge in [0.1, 0.15) is 4.90 Å². The highest BCUT2D eigenvalue weighted by atomic mass is 32.2. The van der Waals surface area contributed by atoms with Gasteiger partial charge in [-0.1, -0.05) is 0 Å². The van der Waals surface area contributed by atoms with Crippen LogP contribution in [0.5, 0.6) is 0 Å². The summed E-state index contributed by atoms with van der Waals surface area (Å²) < 4.78 is 23.2. The zero-order chi connectivity index (χ0) is 20.0. The highest BCUT2D eigenvalue weighted by Gasteiger charge is 2.24. The van der Waals surface area contributed by atoms with Crippen LogP contribution in [0.15, 0.2) is 23.1 Å². The Morgan fingerprint density at radius 2 is 1.89 bits per heavy atom. The molecular weight excluding hydrogens is 374 g/mol. The van der Waals surface area contributed by atoms with E-state index in [0.717, 1.165) is 50.7 Å². The molecule has 9 nitrogen and oxygen atoms in total.